The summed E-state index contributed by atoms with van der Waals surface area (Å²) in [6.07, 6.45) is 7.35. The monoisotopic (exact) mass is 252 g/mol. The van der Waals surface area contributed by atoms with E-state index in [1.165, 1.54) is 0 Å². The van der Waals surface area contributed by atoms with Gasteiger partial charge in [-0.2, -0.15) is 0 Å². The molecule has 0 saturated heterocycles. The average molecular weight is 252 g/mol. The van der Waals surface area contributed by atoms with Crippen LogP contribution in [0, 0.1) is 5.21 Å². The van der Waals surface area contributed by atoms with Crippen LogP contribution < -0.4 is 0 Å². The molecule has 0 spiro atoms. The van der Waals surface area contributed by atoms with Crippen LogP contribution in [0.4, 0.5) is 0 Å². The maximum absolute atomic E-state index is 12.3. The van der Waals surface area contributed by atoms with Crippen LogP contribution >= 0.6 is 0 Å². The Bertz CT molecular complexity index is 549. The molecule has 3 heteroatoms. The van der Waals surface area contributed by atoms with Gasteiger partial charge in [-0.3, -0.25) is 4.98 Å². The zero-order valence-electron chi connectivity index (χ0n) is 10.6. The third-order valence-corrected chi connectivity index (χ3v) is 2.86. The Morgan fingerprint density at radius 2 is 1.84 bits per heavy atom. The summed E-state index contributed by atoms with van der Waals surface area (Å²) in [5, 5.41) is 12.3. The Labute approximate surface area is 113 Å². The molecule has 1 atom stereocenters. The van der Waals surface area contributed by atoms with Crippen molar-refractivity contribution in [2.75, 3.05) is 0 Å². The maximum Gasteiger partial charge on any atom is 0.192 e. The molecule has 0 fully saturated rings. The lowest BCUT2D eigenvalue weighted by molar-refractivity contribution is -0.502. The second-order valence-electron chi connectivity index (χ2n) is 4.22. The van der Waals surface area contributed by atoms with Crippen molar-refractivity contribution in [1.82, 2.24) is 4.98 Å². The van der Waals surface area contributed by atoms with Gasteiger partial charge >= 0.3 is 0 Å². The minimum Gasteiger partial charge on any atom is -0.623 e. The summed E-state index contributed by atoms with van der Waals surface area (Å²) < 4.78 is 0.979. The number of hydrogen-bond acceptors (Lipinski definition) is 2. The highest BCUT2D eigenvalue weighted by Gasteiger charge is 2.16. The first-order valence-electron chi connectivity index (χ1n) is 6.17. The van der Waals surface area contributed by atoms with E-state index >= 15 is 0 Å². The van der Waals surface area contributed by atoms with Crippen LogP contribution in [-0.4, -0.2) is 15.9 Å². The number of hydroxylamine groups is 1. The van der Waals surface area contributed by atoms with Crippen LogP contribution in [0.2, 0.25) is 0 Å². The number of rotatable bonds is 5. The number of hydrogen-bond donors (Lipinski definition) is 0. The molecule has 96 valence electrons. The van der Waals surface area contributed by atoms with Gasteiger partial charge < -0.3 is 5.21 Å². The Morgan fingerprint density at radius 1 is 1.16 bits per heavy atom. The topological polar surface area (TPSA) is 39.0 Å². The van der Waals surface area contributed by atoms with Crippen LogP contribution in [0.25, 0.3) is 0 Å². The van der Waals surface area contributed by atoms with Crippen molar-refractivity contribution >= 4 is 6.21 Å². The van der Waals surface area contributed by atoms with Gasteiger partial charge in [-0.15, -0.1) is 6.58 Å². The summed E-state index contributed by atoms with van der Waals surface area (Å²) in [6.45, 7) is 3.72. The van der Waals surface area contributed by atoms with E-state index in [2.05, 4.69) is 11.6 Å². The fraction of sp³-hybridized carbons (Fsp3) is 0.125. The zero-order valence-corrected chi connectivity index (χ0v) is 10.6. The van der Waals surface area contributed by atoms with Gasteiger partial charge in [0.25, 0.3) is 0 Å². The van der Waals surface area contributed by atoms with Gasteiger partial charge in [-0.25, -0.2) is 4.74 Å². The van der Waals surface area contributed by atoms with Crippen LogP contribution in [0.3, 0.4) is 0 Å². The lowest BCUT2D eigenvalue weighted by Gasteiger charge is -2.15. The molecule has 19 heavy (non-hydrogen) atoms. The SMILES string of the molecule is C=CC[C@H](c1ccncc1)/[N+]([O-])=C\c1ccccc1. The van der Waals surface area contributed by atoms with Gasteiger partial charge in [0.1, 0.15) is 0 Å². The Hall–Kier alpha value is -2.42. The van der Waals surface area contributed by atoms with Crippen molar-refractivity contribution in [2.24, 2.45) is 0 Å². The highest BCUT2D eigenvalue weighted by Crippen LogP contribution is 2.20. The minimum atomic E-state index is -0.263. The number of pyridine rings is 1. The van der Waals surface area contributed by atoms with E-state index in [-0.39, 0.29) is 6.04 Å². The minimum absolute atomic E-state index is 0.263. The molecule has 0 N–H and O–H groups in total. The van der Waals surface area contributed by atoms with E-state index in [1.807, 2.05) is 42.5 Å². The van der Waals surface area contributed by atoms with Crippen molar-refractivity contribution in [3.8, 4) is 0 Å². The predicted octanol–water partition coefficient (Wildman–Crippen LogP) is 3.33. The molecule has 0 saturated carbocycles. The molecule has 1 aromatic heterocycles. The second kappa shape index (κ2) is 6.50. The first-order chi connectivity index (χ1) is 9.31. The molecular formula is C16H16N2O. The summed E-state index contributed by atoms with van der Waals surface area (Å²) in [6, 6.07) is 13.0. The molecule has 3 nitrogen and oxygen atoms in total. The lowest BCUT2D eigenvalue weighted by atomic mass is 10.1. The Kier molecular flexibility index (Phi) is 4.45. The van der Waals surface area contributed by atoms with Gasteiger partial charge in [-0.05, 0) is 24.3 Å². The van der Waals surface area contributed by atoms with E-state index in [0.29, 0.717) is 6.42 Å². The molecule has 0 unspecified atom stereocenters. The molecule has 0 aliphatic rings. The fourth-order valence-electron chi connectivity index (χ4n) is 1.91. The molecule has 0 radical (unpaired) electrons. The maximum atomic E-state index is 12.3. The molecule has 2 rings (SSSR count). The average Bonchev–Trinajstić information content (AvgIpc) is 2.46. The largest absolute Gasteiger partial charge is 0.623 e. The van der Waals surface area contributed by atoms with Crippen LogP contribution in [0.5, 0.6) is 0 Å². The van der Waals surface area contributed by atoms with Crippen molar-refractivity contribution in [3.63, 3.8) is 0 Å². The molecule has 0 bridgehead atoms. The van der Waals surface area contributed by atoms with E-state index in [0.717, 1.165) is 15.9 Å². The molecule has 2 aromatic rings. The van der Waals surface area contributed by atoms with Gasteiger partial charge in [0, 0.05) is 29.9 Å². The summed E-state index contributed by atoms with van der Waals surface area (Å²) in [5.41, 5.74) is 1.83. The highest BCUT2D eigenvalue weighted by atomic mass is 16.5. The molecular weight excluding hydrogens is 236 g/mol. The summed E-state index contributed by atoms with van der Waals surface area (Å²) >= 11 is 0. The third-order valence-electron chi connectivity index (χ3n) is 2.86. The molecule has 1 heterocycles. The van der Waals surface area contributed by atoms with Gasteiger partial charge in [0.05, 0.1) is 0 Å². The van der Waals surface area contributed by atoms with Crippen LogP contribution in [0.1, 0.15) is 23.6 Å². The Balaban J connectivity index is 2.29. The Morgan fingerprint density at radius 3 is 2.47 bits per heavy atom. The van der Waals surface area contributed by atoms with Crippen molar-refractivity contribution < 1.29 is 4.74 Å². The third kappa shape index (κ3) is 3.52. The number of nitrogens with zero attached hydrogens (tertiary/aromatic N) is 2. The van der Waals surface area contributed by atoms with Crippen LogP contribution in [-0.2, 0) is 0 Å². The van der Waals surface area contributed by atoms with Gasteiger partial charge in [0.15, 0.2) is 12.3 Å². The van der Waals surface area contributed by atoms with Gasteiger partial charge in [0.2, 0.25) is 0 Å². The first kappa shape index (κ1) is 13.0. The molecule has 1 aromatic carbocycles. The molecule has 0 aliphatic carbocycles. The van der Waals surface area contributed by atoms with E-state index < -0.39 is 0 Å². The fourth-order valence-corrected chi connectivity index (χ4v) is 1.91. The summed E-state index contributed by atoms with van der Waals surface area (Å²) in [7, 11) is 0. The smallest absolute Gasteiger partial charge is 0.192 e. The molecule has 0 aliphatic heterocycles. The first-order valence-corrected chi connectivity index (χ1v) is 6.17. The standard InChI is InChI=1S/C16H16N2O/c1-2-6-16(15-9-11-17-12-10-15)18(19)13-14-7-4-3-5-8-14/h2-5,7-13,16H,1,6H2/b18-13+/t16-/m1/s1. The van der Waals surface area contributed by atoms with Crippen molar-refractivity contribution in [3.05, 3.63) is 83.8 Å². The lowest BCUT2D eigenvalue weighted by Crippen LogP contribution is -2.14. The highest BCUT2D eigenvalue weighted by molar-refractivity contribution is 5.75. The second-order valence-corrected chi connectivity index (χ2v) is 4.22. The van der Waals surface area contributed by atoms with E-state index in [9.17, 15) is 5.21 Å². The van der Waals surface area contributed by atoms with Gasteiger partial charge in [-0.1, -0.05) is 24.3 Å². The normalized spacial score (nSPS) is 12.9. The quantitative estimate of drug-likeness (QED) is 0.269. The van der Waals surface area contributed by atoms with Crippen LogP contribution in [0.15, 0.2) is 67.5 Å². The molecule has 0 amide bonds. The summed E-state index contributed by atoms with van der Waals surface area (Å²) in [5.74, 6) is 0. The van der Waals surface area contributed by atoms with Crippen molar-refractivity contribution in [1.29, 1.82) is 0 Å². The van der Waals surface area contributed by atoms with Crippen molar-refractivity contribution in [2.45, 2.75) is 12.5 Å². The zero-order chi connectivity index (χ0) is 13.5. The van der Waals surface area contributed by atoms with E-state index in [1.54, 1.807) is 24.7 Å². The summed E-state index contributed by atoms with van der Waals surface area (Å²) in [4.78, 5) is 3.97. The van der Waals surface area contributed by atoms with E-state index in [4.69, 9.17) is 0 Å². The number of benzene rings is 1. The number of aromatic nitrogens is 1. The predicted molar refractivity (Wildman–Crippen MR) is 77.0 cm³/mol.